The van der Waals surface area contributed by atoms with Gasteiger partial charge >= 0.3 is 6.03 Å². The van der Waals surface area contributed by atoms with Crippen LogP contribution in [0.5, 0.6) is 0 Å². The van der Waals surface area contributed by atoms with Gasteiger partial charge in [-0.15, -0.1) is 0 Å². The Morgan fingerprint density at radius 1 is 1.33 bits per heavy atom. The van der Waals surface area contributed by atoms with E-state index in [1.54, 1.807) is 12.1 Å². The quantitative estimate of drug-likeness (QED) is 0.825. The molecule has 0 bridgehead atoms. The molecule has 3 amide bonds. The standard InChI is InChI=1S/C13H12FN3O3S/c14-9-3-1-8(2-4-9)10-7-16-13(20-10)21-6-5-11(18)17-12(15)19/h1-4,7H,5-6H2,(H3,15,17,18,19). The Labute approximate surface area is 123 Å². The van der Waals surface area contributed by atoms with Gasteiger partial charge in [0.05, 0.1) is 6.20 Å². The average Bonchev–Trinajstić information content (AvgIpc) is 2.87. The first-order valence-electron chi connectivity index (χ1n) is 5.98. The largest absolute Gasteiger partial charge is 0.431 e. The van der Waals surface area contributed by atoms with Crippen LogP contribution >= 0.6 is 11.8 Å². The van der Waals surface area contributed by atoms with Crippen LogP contribution in [0.25, 0.3) is 11.3 Å². The van der Waals surface area contributed by atoms with Gasteiger partial charge in [-0.05, 0) is 24.3 Å². The molecule has 2 rings (SSSR count). The summed E-state index contributed by atoms with van der Waals surface area (Å²) in [7, 11) is 0. The number of carbonyl (C=O) groups excluding carboxylic acids is 2. The number of amides is 3. The molecule has 21 heavy (non-hydrogen) atoms. The summed E-state index contributed by atoms with van der Waals surface area (Å²) < 4.78 is 18.3. The number of nitrogens with zero attached hydrogens (tertiary/aromatic N) is 1. The van der Waals surface area contributed by atoms with Gasteiger partial charge in [-0.2, -0.15) is 0 Å². The summed E-state index contributed by atoms with van der Waals surface area (Å²) in [6.45, 7) is 0. The van der Waals surface area contributed by atoms with E-state index in [4.69, 9.17) is 10.2 Å². The maximum absolute atomic E-state index is 12.8. The third-order valence-electron chi connectivity index (χ3n) is 2.43. The Morgan fingerprint density at radius 2 is 2.05 bits per heavy atom. The molecule has 0 radical (unpaired) electrons. The normalized spacial score (nSPS) is 10.3. The number of halogens is 1. The van der Waals surface area contributed by atoms with Crippen molar-refractivity contribution in [2.45, 2.75) is 11.6 Å². The van der Waals surface area contributed by atoms with Crippen LogP contribution in [-0.4, -0.2) is 22.7 Å². The smallest absolute Gasteiger partial charge is 0.318 e. The SMILES string of the molecule is NC(=O)NC(=O)CCSc1ncc(-c2ccc(F)cc2)o1. The van der Waals surface area contributed by atoms with Crippen LogP contribution in [0, 0.1) is 5.82 Å². The molecule has 0 saturated heterocycles. The zero-order chi connectivity index (χ0) is 15.2. The van der Waals surface area contributed by atoms with Crippen molar-refractivity contribution in [2.24, 2.45) is 5.73 Å². The first kappa shape index (κ1) is 15.0. The van der Waals surface area contributed by atoms with Crippen LogP contribution in [0.15, 0.2) is 40.1 Å². The van der Waals surface area contributed by atoms with E-state index in [1.807, 2.05) is 5.32 Å². The second-order valence-electron chi connectivity index (χ2n) is 4.01. The van der Waals surface area contributed by atoms with Crippen molar-refractivity contribution in [3.8, 4) is 11.3 Å². The first-order valence-corrected chi connectivity index (χ1v) is 6.97. The van der Waals surface area contributed by atoms with Crippen molar-refractivity contribution in [1.82, 2.24) is 10.3 Å². The Morgan fingerprint density at radius 3 is 2.71 bits per heavy atom. The van der Waals surface area contributed by atoms with Crippen LogP contribution in [-0.2, 0) is 4.79 Å². The summed E-state index contributed by atoms with van der Waals surface area (Å²) in [5.41, 5.74) is 5.53. The maximum Gasteiger partial charge on any atom is 0.318 e. The van der Waals surface area contributed by atoms with E-state index in [2.05, 4.69) is 4.98 Å². The molecule has 110 valence electrons. The number of rotatable bonds is 5. The fourth-order valence-electron chi connectivity index (χ4n) is 1.50. The zero-order valence-corrected chi connectivity index (χ0v) is 11.7. The summed E-state index contributed by atoms with van der Waals surface area (Å²) in [5, 5.41) is 2.36. The van der Waals surface area contributed by atoms with Crippen molar-refractivity contribution in [2.75, 3.05) is 5.75 Å². The Bertz CT molecular complexity index is 642. The van der Waals surface area contributed by atoms with Gasteiger partial charge < -0.3 is 10.2 Å². The number of oxazole rings is 1. The molecule has 1 aromatic heterocycles. The molecular weight excluding hydrogens is 297 g/mol. The van der Waals surface area contributed by atoms with Gasteiger partial charge in [-0.3, -0.25) is 10.1 Å². The maximum atomic E-state index is 12.8. The van der Waals surface area contributed by atoms with Crippen LogP contribution in [0.4, 0.5) is 9.18 Å². The Kier molecular flexibility index (Phi) is 4.94. The van der Waals surface area contributed by atoms with Crippen molar-refractivity contribution >= 4 is 23.7 Å². The van der Waals surface area contributed by atoms with Gasteiger partial charge in [0.25, 0.3) is 5.22 Å². The van der Waals surface area contributed by atoms with Crippen molar-refractivity contribution in [3.63, 3.8) is 0 Å². The number of nitrogens with one attached hydrogen (secondary N) is 1. The topological polar surface area (TPSA) is 98.2 Å². The number of imide groups is 1. The van der Waals surface area contributed by atoms with E-state index >= 15 is 0 Å². The highest BCUT2D eigenvalue weighted by Gasteiger charge is 2.09. The molecule has 3 N–H and O–H groups in total. The fraction of sp³-hybridized carbons (Fsp3) is 0.154. The number of hydrogen-bond acceptors (Lipinski definition) is 5. The number of thioether (sulfide) groups is 1. The molecular formula is C13H12FN3O3S. The number of primary amides is 1. The number of urea groups is 1. The molecule has 1 aromatic carbocycles. The molecule has 1 heterocycles. The minimum Gasteiger partial charge on any atom is -0.431 e. The van der Waals surface area contributed by atoms with Crippen LogP contribution in [0.2, 0.25) is 0 Å². The molecule has 0 aliphatic rings. The lowest BCUT2D eigenvalue weighted by Gasteiger charge is -1.99. The van der Waals surface area contributed by atoms with E-state index in [0.29, 0.717) is 22.3 Å². The molecule has 0 atom stereocenters. The zero-order valence-electron chi connectivity index (χ0n) is 10.8. The summed E-state index contributed by atoms with van der Waals surface area (Å²) in [5.74, 6) is 0.121. The third kappa shape index (κ3) is 4.60. The Balaban J connectivity index is 1.87. The Hall–Kier alpha value is -2.35. The van der Waals surface area contributed by atoms with Gasteiger partial charge in [0, 0.05) is 17.7 Å². The molecule has 0 fully saturated rings. The van der Waals surface area contributed by atoms with Gasteiger partial charge in [0.1, 0.15) is 5.82 Å². The van der Waals surface area contributed by atoms with E-state index < -0.39 is 11.9 Å². The first-order chi connectivity index (χ1) is 10.0. The summed E-state index contributed by atoms with van der Waals surface area (Å²) in [6.07, 6.45) is 1.64. The molecule has 2 aromatic rings. The highest BCUT2D eigenvalue weighted by atomic mass is 32.2. The molecule has 0 aliphatic carbocycles. The molecule has 0 saturated carbocycles. The summed E-state index contributed by atoms with van der Waals surface area (Å²) >= 11 is 1.23. The number of hydrogen-bond donors (Lipinski definition) is 2. The van der Waals surface area contributed by atoms with Crippen molar-refractivity contribution in [1.29, 1.82) is 0 Å². The second-order valence-corrected chi connectivity index (χ2v) is 5.05. The monoisotopic (exact) mass is 309 g/mol. The minimum absolute atomic E-state index is 0.113. The van der Waals surface area contributed by atoms with Gasteiger partial charge in [-0.25, -0.2) is 14.2 Å². The van der Waals surface area contributed by atoms with E-state index in [1.165, 1.54) is 30.1 Å². The number of nitrogens with two attached hydrogens (primary N) is 1. The van der Waals surface area contributed by atoms with Crippen LogP contribution < -0.4 is 11.1 Å². The molecule has 0 unspecified atom stereocenters. The van der Waals surface area contributed by atoms with Gasteiger partial charge in [0.15, 0.2) is 5.76 Å². The summed E-state index contributed by atoms with van der Waals surface area (Å²) in [6, 6.07) is 4.96. The molecule has 6 nitrogen and oxygen atoms in total. The highest BCUT2D eigenvalue weighted by molar-refractivity contribution is 7.99. The van der Waals surface area contributed by atoms with E-state index in [-0.39, 0.29) is 12.2 Å². The van der Waals surface area contributed by atoms with Crippen molar-refractivity contribution < 1.29 is 18.4 Å². The van der Waals surface area contributed by atoms with Crippen LogP contribution in [0.1, 0.15) is 6.42 Å². The number of carbonyl (C=O) groups is 2. The lowest BCUT2D eigenvalue weighted by atomic mass is 10.2. The molecule has 0 spiro atoms. The predicted octanol–water partition coefficient (Wildman–Crippen LogP) is 2.16. The number of aromatic nitrogens is 1. The molecule has 0 aliphatic heterocycles. The lowest BCUT2D eigenvalue weighted by molar-refractivity contribution is -0.119. The minimum atomic E-state index is -0.875. The fourth-order valence-corrected chi connectivity index (χ4v) is 2.24. The predicted molar refractivity (Wildman–Crippen MR) is 75.0 cm³/mol. The lowest BCUT2D eigenvalue weighted by Crippen LogP contribution is -2.35. The third-order valence-corrected chi connectivity index (χ3v) is 3.27. The van der Waals surface area contributed by atoms with E-state index in [0.717, 1.165) is 0 Å². The van der Waals surface area contributed by atoms with Gasteiger partial charge in [-0.1, -0.05) is 11.8 Å². The second kappa shape index (κ2) is 6.89. The highest BCUT2D eigenvalue weighted by Crippen LogP contribution is 2.25. The van der Waals surface area contributed by atoms with Crippen LogP contribution in [0.3, 0.4) is 0 Å². The van der Waals surface area contributed by atoms with E-state index in [9.17, 15) is 14.0 Å². The summed E-state index contributed by atoms with van der Waals surface area (Å²) in [4.78, 5) is 25.7. The average molecular weight is 309 g/mol. The van der Waals surface area contributed by atoms with Crippen molar-refractivity contribution in [3.05, 3.63) is 36.3 Å². The number of benzene rings is 1. The molecule has 8 heteroatoms. The van der Waals surface area contributed by atoms with Gasteiger partial charge in [0.2, 0.25) is 5.91 Å².